The van der Waals surface area contributed by atoms with Crippen LogP contribution < -0.4 is 10.5 Å². The summed E-state index contributed by atoms with van der Waals surface area (Å²) in [6, 6.07) is 2.16. The molecule has 0 spiro atoms. The lowest BCUT2D eigenvalue weighted by molar-refractivity contribution is 0.555. The number of nitrogens with two attached hydrogens (primary N) is 1. The number of benzene rings is 1. The summed E-state index contributed by atoms with van der Waals surface area (Å²) in [7, 11) is -2.35. The van der Waals surface area contributed by atoms with Crippen molar-refractivity contribution in [2.75, 3.05) is 5.73 Å². The number of aromatic nitrogens is 2. The van der Waals surface area contributed by atoms with Crippen molar-refractivity contribution in [1.29, 1.82) is 0 Å². The molecule has 20 heavy (non-hydrogen) atoms. The summed E-state index contributed by atoms with van der Waals surface area (Å²) in [6.07, 6.45) is 3.20. The predicted molar refractivity (Wildman–Crippen MR) is 73.1 cm³/mol. The average molecular weight is 319 g/mol. The predicted octanol–water partition coefficient (Wildman–Crippen LogP) is 1.27. The molecule has 2 rings (SSSR count). The van der Waals surface area contributed by atoms with E-state index >= 15 is 0 Å². The molecule has 0 bridgehead atoms. The fourth-order valence-electron chi connectivity index (χ4n) is 1.58. The Hall–Kier alpha value is -1.64. The molecule has 0 amide bonds. The maximum Gasteiger partial charge on any atom is 0.244 e. The normalized spacial score (nSPS) is 11.8. The lowest BCUT2D eigenvalue weighted by Gasteiger charge is -2.09. The van der Waals surface area contributed by atoms with E-state index in [0.717, 1.165) is 12.1 Å². The quantitative estimate of drug-likeness (QED) is 0.831. The third kappa shape index (κ3) is 2.92. The summed E-state index contributed by atoms with van der Waals surface area (Å²) in [5, 5.41) is -0.345. The van der Waals surface area contributed by atoms with Crippen LogP contribution in [0.25, 0.3) is 0 Å². The van der Waals surface area contributed by atoms with Gasteiger partial charge in [-0.3, -0.25) is 0 Å². The summed E-state index contributed by atoms with van der Waals surface area (Å²) < 4.78 is 41.8. The third-order valence-corrected chi connectivity index (χ3v) is 4.32. The summed E-state index contributed by atoms with van der Waals surface area (Å²) in [4.78, 5) is 3.38. The number of nitrogen functional groups attached to an aromatic ring is 1. The van der Waals surface area contributed by atoms with E-state index in [1.165, 1.54) is 6.20 Å². The van der Waals surface area contributed by atoms with Crippen molar-refractivity contribution in [2.45, 2.75) is 11.4 Å². The molecule has 3 N–H and O–H groups in total. The summed E-state index contributed by atoms with van der Waals surface area (Å²) in [5.74, 6) is -0.544. The van der Waals surface area contributed by atoms with Crippen LogP contribution in [-0.4, -0.2) is 18.0 Å². The number of nitrogens with zero attached hydrogens (tertiary/aromatic N) is 2. The van der Waals surface area contributed by atoms with Gasteiger partial charge in [-0.2, -0.15) is 0 Å². The van der Waals surface area contributed by atoms with Gasteiger partial charge in [-0.15, -0.1) is 0 Å². The molecule has 0 saturated carbocycles. The van der Waals surface area contributed by atoms with E-state index in [2.05, 4.69) is 9.71 Å². The molecule has 6 nitrogen and oxygen atoms in total. The van der Waals surface area contributed by atoms with Crippen molar-refractivity contribution in [3.63, 3.8) is 0 Å². The number of anilines is 1. The molecule has 108 valence electrons. The van der Waals surface area contributed by atoms with Gasteiger partial charge in [-0.25, -0.2) is 22.5 Å². The van der Waals surface area contributed by atoms with E-state index in [9.17, 15) is 12.8 Å². The molecular weight excluding hydrogens is 307 g/mol. The maximum atomic E-state index is 13.8. The van der Waals surface area contributed by atoms with E-state index in [0.29, 0.717) is 5.82 Å². The van der Waals surface area contributed by atoms with Crippen LogP contribution in [0.4, 0.5) is 10.1 Å². The van der Waals surface area contributed by atoms with E-state index in [1.54, 1.807) is 17.8 Å². The molecule has 2 aromatic rings. The van der Waals surface area contributed by atoms with Crippen LogP contribution in [0.5, 0.6) is 0 Å². The number of imidazole rings is 1. The van der Waals surface area contributed by atoms with E-state index < -0.39 is 20.7 Å². The second kappa shape index (κ2) is 5.39. The smallest absolute Gasteiger partial charge is 0.244 e. The number of hydrogen-bond donors (Lipinski definition) is 2. The van der Waals surface area contributed by atoms with Crippen LogP contribution in [-0.2, 0) is 23.6 Å². The molecule has 0 atom stereocenters. The Labute approximate surface area is 120 Å². The van der Waals surface area contributed by atoms with Gasteiger partial charge in [0.05, 0.1) is 11.6 Å². The van der Waals surface area contributed by atoms with Crippen LogP contribution in [0.15, 0.2) is 29.4 Å². The zero-order valence-electron chi connectivity index (χ0n) is 10.5. The highest BCUT2D eigenvalue weighted by Crippen LogP contribution is 2.25. The van der Waals surface area contributed by atoms with Crippen molar-refractivity contribution < 1.29 is 12.8 Å². The zero-order valence-corrected chi connectivity index (χ0v) is 12.0. The number of sulfonamides is 1. The van der Waals surface area contributed by atoms with E-state index in [4.69, 9.17) is 17.3 Å². The van der Waals surface area contributed by atoms with Gasteiger partial charge in [0.15, 0.2) is 5.82 Å². The molecule has 0 aliphatic rings. The van der Waals surface area contributed by atoms with Crippen molar-refractivity contribution in [3.8, 4) is 0 Å². The lowest BCUT2D eigenvalue weighted by Crippen LogP contribution is -2.25. The summed E-state index contributed by atoms with van der Waals surface area (Å²) >= 11 is 5.59. The molecule has 0 aliphatic carbocycles. The molecular formula is C11H12ClFN4O2S. The first-order valence-corrected chi connectivity index (χ1v) is 7.38. The number of aryl methyl sites for hydroxylation is 1. The van der Waals surface area contributed by atoms with Gasteiger partial charge in [0.1, 0.15) is 10.7 Å². The zero-order chi connectivity index (χ0) is 14.9. The first kappa shape index (κ1) is 14.8. The van der Waals surface area contributed by atoms with Gasteiger partial charge in [0.2, 0.25) is 10.0 Å². The second-order valence-electron chi connectivity index (χ2n) is 4.09. The van der Waals surface area contributed by atoms with Gasteiger partial charge in [-0.1, -0.05) is 11.6 Å². The Kier molecular flexibility index (Phi) is 3.98. The van der Waals surface area contributed by atoms with Gasteiger partial charge >= 0.3 is 0 Å². The Morgan fingerprint density at radius 3 is 2.80 bits per heavy atom. The second-order valence-corrected chi connectivity index (χ2v) is 6.24. The van der Waals surface area contributed by atoms with Gasteiger partial charge in [-0.05, 0) is 12.1 Å². The fourth-order valence-corrected chi connectivity index (χ4v) is 2.98. The minimum Gasteiger partial charge on any atom is -0.399 e. The van der Waals surface area contributed by atoms with Crippen molar-refractivity contribution in [2.24, 2.45) is 7.05 Å². The Bertz CT molecular complexity index is 745. The van der Waals surface area contributed by atoms with Gasteiger partial charge in [0.25, 0.3) is 0 Å². The Balaban J connectivity index is 2.29. The van der Waals surface area contributed by atoms with Crippen LogP contribution >= 0.6 is 11.6 Å². The average Bonchev–Trinajstić information content (AvgIpc) is 2.77. The number of halogens is 2. The van der Waals surface area contributed by atoms with Crippen LogP contribution in [0, 0.1) is 5.82 Å². The highest BCUT2D eigenvalue weighted by Gasteiger charge is 2.22. The first-order valence-electron chi connectivity index (χ1n) is 5.51. The molecule has 0 aliphatic heterocycles. The van der Waals surface area contributed by atoms with E-state index in [-0.39, 0.29) is 17.3 Å². The molecule has 1 heterocycles. The summed E-state index contributed by atoms with van der Waals surface area (Å²) in [6.45, 7) is -0.0717. The molecule has 0 fully saturated rings. The first-order chi connectivity index (χ1) is 9.31. The Morgan fingerprint density at radius 1 is 1.50 bits per heavy atom. The molecule has 1 aromatic carbocycles. The molecule has 0 unspecified atom stereocenters. The SMILES string of the molecule is Cn1ccnc1CNS(=O)(=O)c1cc(N)cc(Cl)c1F. The van der Waals surface area contributed by atoms with Crippen molar-refractivity contribution >= 4 is 27.3 Å². The maximum absolute atomic E-state index is 13.8. The molecule has 0 radical (unpaired) electrons. The highest BCUT2D eigenvalue weighted by molar-refractivity contribution is 7.89. The number of nitrogens with one attached hydrogen (secondary N) is 1. The molecule has 1 aromatic heterocycles. The standard InChI is InChI=1S/C11H12ClFN4O2S/c1-17-3-2-15-10(17)6-16-20(18,19)9-5-7(14)4-8(12)11(9)13/h2-5,16H,6,14H2,1H3. The van der Waals surface area contributed by atoms with Crippen LogP contribution in [0.2, 0.25) is 5.02 Å². The minimum atomic E-state index is -4.07. The summed E-state index contributed by atoms with van der Waals surface area (Å²) in [5.41, 5.74) is 5.54. The molecule has 0 saturated heterocycles. The van der Waals surface area contributed by atoms with Gasteiger partial charge in [0, 0.05) is 25.1 Å². The van der Waals surface area contributed by atoms with Crippen LogP contribution in [0.3, 0.4) is 0 Å². The van der Waals surface area contributed by atoms with Crippen molar-refractivity contribution in [3.05, 3.63) is 41.2 Å². The highest BCUT2D eigenvalue weighted by atomic mass is 35.5. The van der Waals surface area contributed by atoms with E-state index in [1.807, 2.05) is 0 Å². The van der Waals surface area contributed by atoms with Crippen LogP contribution in [0.1, 0.15) is 5.82 Å². The molecule has 9 heteroatoms. The topological polar surface area (TPSA) is 90.0 Å². The third-order valence-electron chi connectivity index (χ3n) is 2.65. The van der Waals surface area contributed by atoms with Crippen molar-refractivity contribution in [1.82, 2.24) is 14.3 Å². The minimum absolute atomic E-state index is 0.0637. The Morgan fingerprint density at radius 2 is 2.20 bits per heavy atom. The largest absolute Gasteiger partial charge is 0.399 e. The lowest BCUT2D eigenvalue weighted by atomic mass is 10.3. The fraction of sp³-hybridized carbons (Fsp3) is 0.182. The number of rotatable bonds is 4. The monoisotopic (exact) mass is 318 g/mol. The number of hydrogen-bond acceptors (Lipinski definition) is 4. The van der Waals surface area contributed by atoms with Gasteiger partial charge < -0.3 is 10.3 Å².